The predicted octanol–water partition coefficient (Wildman–Crippen LogP) is 7.67. The fourth-order valence-corrected chi connectivity index (χ4v) is 5.89. The summed E-state index contributed by atoms with van der Waals surface area (Å²) in [6, 6.07) is 12.7. The Kier molecular flexibility index (Phi) is 6.88. The first kappa shape index (κ1) is 24.5. The molecule has 1 atom stereocenters. The van der Waals surface area contributed by atoms with Gasteiger partial charge in [0.15, 0.2) is 0 Å². The van der Waals surface area contributed by atoms with Crippen LogP contribution >= 0.6 is 22.9 Å². The molecule has 4 rings (SSSR count). The van der Waals surface area contributed by atoms with Gasteiger partial charge in [-0.3, -0.25) is 9.59 Å². The summed E-state index contributed by atoms with van der Waals surface area (Å²) in [6.45, 7) is 10.9. The number of fused-ring (bicyclic) bond motifs is 1. The number of halogens is 1. The average Bonchev–Trinajstić information content (AvgIpc) is 3.13. The summed E-state index contributed by atoms with van der Waals surface area (Å²) in [6.07, 6.45) is 2.78. The van der Waals surface area contributed by atoms with Gasteiger partial charge in [0, 0.05) is 21.2 Å². The van der Waals surface area contributed by atoms with Gasteiger partial charge in [0.05, 0.1) is 5.56 Å². The highest BCUT2D eigenvalue weighted by molar-refractivity contribution is 7.17. The third kappa shape index (κ3) is 5.21. The minimum atomic E-state index is -0.247. The second-order valence-corrected chi connectivity index (χ2v) is 11.8. The summed E-state index contributed by atoms with van der Waals surface area (Å²) in [5.41, 5.74) is 5.40. The molecule has 34 heavy (non-hydrogen) atoms. The van der Waals surface area contributed by atoms with E-state index in [0.717, 1.165) is 36.1 Å². The number of benzene rings is 2. The fourth-order valence-electron chi connectivity index (χ4n) is 4.44. The van der Waals surface area contributed by atoms with Crippen LogP contribution in [0.4, 0.5) is 10.7 Å². The van der Waals surface area contributed by atoms with Gasteiger partial charge in [-0.25, -0.2) is 0 Å². The topological polar surface area (TPSA) is 58.2 Å². The van der Waals surface area contributed by atoms with Crippen LogP contribution in [-0.4, -0.2) is 11.8 Å². The van der Waals surface area contributed by atoms with Gasteiger partial charge >= 0.3 is 0 Å². The minimum Gasteiger partial charge on any atom is -0.322 e. The molecule has 0 fully saturated rings. The lowest BCUT2D eigenvalue weighted by molar-refractivity contribution is 0.102. The van der Waals surface area contributed by atoms with Crippen molar-refractivity contribution in [3.8, 4) is 0 Å². The van der Waals surface area contributed by atoms with E-state index < -0.39 is 0 Å². The van der Waals surface area contributed by atoms with Crippen LogP contribution in [-0.2, 0) is 12.8 Å². The number of rotatable bonds is 4. The van der Waals surface area contributed by atoms with Crippen molar-refractivity contribution >= 4 is 45.4 Å². The molecule has 0 radical (unpaired) electrons. The zero-order valence-corrected chi connectivity index (χ0v) is 21.9. The van der Waals surface area contributed by atoms with Crippen molar-refractivity contribution in [2.45, 2.75) is 53.9 Å². The molecule has 0 saturated carbocycles. The average molecular weight is 495 g/mol. The van der Waals surface area contributed by atoms with E-state index in [-0.39, 0.29) is 17.2 Å². The highest BCUT2D eigenvalue weighted by atomic mass is 35.5. The first-order valence-electron chi connectivity index (χ1n) is 11.6. The SMILES string of the molecule is Cc1ccc(NC(=O)c2c(NC(=O)c3ccc(Cl)cc3)sc3c2CCC(C(C)(C)C)C3)cc1C. The maximum Gasteiger partial charge on any atom is 0.258 e. The van der Waals surface area contributed by atoms with Gasteiger partial charge in [-0.2, -0.15) is 0 Å². The minimum absolute atomic E-state index is 0.179. The third-order valence-electron chi connectivity index (χ3n) is 6.82. The number of thiophene rings is 1. The Balaban J connectivity index is 1.68. The Labute approximate surface area is 210 Å². The summed E-state index contributed by atoms with van der Waals surface area (Å²) in [7, 11) is 0. The summed E-state index contributed by atoms with van der Waals surface area (Å²) in [4.78, 5) is 27.7. The van der Waals surface area contributed by atoms with E-state index in [1.165, 1.54) is 21.8 Å². The first-order valence-corrected chi connectivity index (χ1v) is 12.8. The summed E-state index contributed by atoms with van der Waals surface area (Å²) >= 11 is 7.51. The van der Waals surface area contributed by atoms with Crippen molar-refractivity contribution in [3.05, 3.63) is 80.2 Å². The van der Waals surface area contributed by atoms with E-state index in [1.54, 1.807) is 24.3 Å². The van der Waals surface area contributed by atoms with Gasteiger partial charge in [-0.15, -0.1) is 11.3 Å². The smallest absolute Gasteiger partial charge is 0.258 e. The lowest BCUT2D eigenvalue weighted by Gasteiger charge is -2.33. The van der Waals surface area contributed by atoms with Crippen molar-refractivity contribution in [1.82, 2.24) is 0 Å². The van der Waals surface area contributed by atoms with Crippen LogP contribution < -0.4 is 10.6 Å². The Morgan fingerprint density at radius 1 is 0.971 bits per heavy atom. The molecular formula is C28H31ClN2O2S. The van der Waals surface area contributed by atoms with E-state index in [1.807, 2.05) is 32.0 Å². The number of anilines is 2. The normalized spacial score (nSPS) is 15.5. The van der Waals surface area contributed by atoms with Crippen LogP contribution in [0.15, 0.2) is 42.5 Å². The van der Waals surface area contributed by atoms with Gasteiger partial charge in [0.1, 0.15) is 5.00 Å². The maximum atomic E-state index is 13.5. The van der Waals surface area contributed by atoms with Crippen molar-refractivity contribution in [2.75, 3.05) is 10.6 Å². The Hall–Kier alpha value is -2.63. The fraction of sp³-hybridized carbons (Fsp3) is 0.357. The highest BCUT2D eigenvalue weighted by Gasteiger charge is 2.34. The standard InChI is InChI=1S/C28H31ClN2O2S/c1-16-6-12-21(14-17(16)2)30-26(33)24-22-13-9-19(28(3,4)5)15-23(22)34-27(24)31-25(32)18-7-10-20(29)11-8-18/h6-8,10-12,14,19H,9,13,15H2,1-5H3,(H,30,33)(H,31,32). The third-order valence-corrected chi connectivity index (χ3v) is 8.24. The van der Waals surface area contributed by atoms with Gasteiger partial charge in [0.2, 0.25) is 0 Å². The number of carbonyl (C=O) groups excluding carboxylic acids is 2. The number of carbonyl (C=O) groups is 2. The van der Waals surface area contributed by atoms with Crippen LogP contribution in [0.25, 0.3) is 0 Å². The Morgan fingerprint density at radius 3 is 2.32 bits per heavy atom. The van der Waals surface area contributed by atoms with Crippen LogP contribution in [0.2, 0.25) is 5.02 Å². The van der Waals surface area contributed by atoms with E-state index >= 15 is 0 Å². The highest BCUT2D eigenvalue weighted by Crippen LogP contribution is 2.44. The molecular weight excluding hydrogens is 464 g/mol. The quantitative estimate of drug-likeness (QED) is 0.390. The van der Waals surface area contributed by atoms with E-state index in [2.05, 4.69) is 31.4 Å². The zero-order chi connectivity index (χ0) is 24.6. The lowest BCUT2D eigenvalue weighted by Crippen LogP contribution is -2.27. The van der Waals surface area contributed by atoms with Crippen molar-refractivity contribution in [1.29, 1.82) is 0 Å². The Bertz CT molecular complexity index is 1240. The zero-order valence-electron chi connectivity index (χ0n) is 20.3. The Morgan fingerprint density at radius 2 is 1.68 bits per heavy atom. The molecule has 2 N–H and O–H groups in total. The molecule has 178 valence electrons. The largest absolute Gasteiger partial charge is 0.322 e. The number of nitrogens with one attached hydrogen (secondary N) is 2. The first-order chi connectivity index (χ1) is 16.0. The predicted molar refractivity (Wildman–Crippen MR) is 143 cm³/mol. The molecule has 0 aliphatic heterocycles. The molecule has 3 aromatic rings. The second kappa shape index (κ2) is 9.55. The molecule has 1 aliphatic carbocycles. The van der Waals surface area contributed by atoms with Crippen molar-refractivity contribution < 1.29 is 9.59 Å². The summed E-state index contributed by atoms with van der Waals surface area (Å²) < 4.78 is 0. The molecule has 1 aromatic heterocycles. The van der Waals surface area contributed by atoms with E-state index in [0.29, 0.717) is 27.1 Å². The van der Waals surface area contributed by atoms with E-state index in [4.69, 9.17) is 11.6 Å². The molecule has 0 bridgehead atoms. The maximum absolute atomic E-state index is 13.5. The van der Waals surface area contributed by atoms with Gasteiger partial charge in [-0.1, -0.05) is 38.4 Å². The van der Waals surface area contributed by atoms with Crippen LogP contribution in [0.5, 0.6) is 0 Å². The lowest BCUT2D eigenvalue weighted by atomic mass is 9.72. The van der Waals surface area contributed by atoms with Crippen molar-refractivity contribution in [2.24, 2.45) is 11.3 Å². The van der Waals surface area contributed by atoms with Crippen molar-refractivity contribution in [3.63, 3.8) is 0 Å². The van der Waals surface area contributed by atoms with Gasteiger partial charge in [-0.05, 0) is 97.5 Å². The molecule has 0 spiro atoms. The molecule has 4 nitrogen and oxygen atoms in total. The molecule has 2 amide bonds. The number of amides is 2. The van der Waals surface area contributed by atoms with Gasteiger partial charge < -0.3 is 10.6 Å². The van der Waals surface area contributed by atoms with Crippen LogP contribution in [0, 0.1) is 25.2 Å². The van der Waals surface area contributed by atoms with Gasteiger partial charge in [0.25, 0.3) is 11.8 Å². The molecule has 0 saturated heterocycles. The second-order valence-electron chi connectivity index (χ2n) is 10.2. The monoisotopic (exact) mass is 494 g/mol. The van der Waals surface area contributed by atoms with E-state index in [9.17, 15) is 9.59 Å². The molecule has 2 aromatic carbocycles. The van der Waals surface area contributed by atoms with Crippen LogP contribution in [0.1, 0.15) is 69.5 Å². The number of hydrogen-bond donors (Lipinski definition) is 2. The molecule has 1 unspecified atom stereocenters. The molecule has 1 heterocycles. The molecule has 6 heteroatoms. The number of hydrogen-bond acceptors (Lipinski definition) is 3. The molecule has 1 aliphatic rings. The summed E-state index contributed by atoms with van der Waals surface area (Å²) in [5, 5.41) is 7.27. The van der Waals surface area contributed by atoms with Crippen LogP contribution in [0.3, 0.4) is 0 Å². The number of aryl methyl sites for hydroxylation is 2. The summed E-state index contributed by atoms with van der Waals surface area (Å²) in [5.74, 6) is 0.110.